The van der Waals surface area contributed by atoms with Gasteiger partial charge in [0.15, 0.2) is 17.5 Å². The van der Waals surface area contributed by atoms with Crippen LogP contribution in [0.25, 0.3) is 105 Å². The van der Waals surface area contributed by atoms with E-state index >= 15 is 0 Å². The number of allylic oxidation sites excluding steroid dienone is 4. The minimum absolute atomic E-state index is 0.0962. The molecule has 0 saturated carbocycles. The molecule has 1 aliphatic rings. The highest BCUT2D eigenvalue weighted by molar-refractivity contribution is 6.25. The molecule has 13 rings (SSSR count). The summed E-state index contributed by atoms with van der Waals surface area (Å²) in [4.78, 5) is 15.8. The van der Waals surface area contributed by atoms with Crippen LogP contribution in [0.5, 0.6) is 0 Å². The maximum atomic E-state index is 6.56. The summed E-state index contributed by atoms with van der Waals surface area (Å²) in [6.07, 6.45) is 2.97. The highest BCUT2D eigenvalue weighted by Gasteiger charge is 2.33. The Hall–Kier alpha value is -8.35. The van der Waals surface area contributed by atoms with E-state index in [0.29, 0.717) is 23.9 Å². The summed E-state index contributed by atoms with van der Waals surface area (Å²) in [5, 5.41) is 6.72. The van der Waals surface area contributed by atoms with Crippen LogP contribution in [0.4, 0.5) is 0 Å². The topological polar surface area (TPSA) is 69.9 Å². The Morgan fingerprint density at radius 3 is 1.78 bits per heavy atom. The van der Waals surface area contributed by atoms with Crippen LogP contribution in [0.2, 0.25) is 0 Å². The van der Waals surface area contributed by atoms with Crippen molar-refractivity contribution in [2.45, 2.75) is 12.3 Å². The lowest BCUT2D eigenvalue weighted by Gasteiger charge is -2.31. The van der Waals surface area contributed by atoms with Gasteiger partial charge in [0.05, 0.1) is 16.4 Å². The molecule has 0 radical (unpaired) electrons. The maximum absolute atomic E-state index is 6.56. The van der Waals surface area contributed by atoms with Crippen LogP contribution >= 0.6 is 0 Å². The van der Waals surface area contributed by atoms with Crippen molar-refractivity contribution in [3.63, 3.8) is 0 Å². The minimum Gasteiger partial charge on any atom is -0.456 e. The molecule has 296 valence electrons. The van der Waals surface area contributed by atoms with E-state index in [0.717, 1.165) is 82.7 Å². The fourth-order valence-corrected chi connectivity index (χ4v) is 9.80. The molecule has 0 spiro atoms. The number of hydrogen-bond acceptors (Lipinski definition) is 5. The lowest BCUT2D eigenvalue weighted by atomic mass is 9.80. The molecule has 6 heteroatoms. The van der Waals surface area contributed by atoms with E-state index < -0.39 is 0 Å². The number of fused-ring (bicyclic) bond motifs is 10. The molecule has 0 aliphatic heterocycles. The molecule has 0 fully saturated rings. The van der Waals surface area contributed by atoms with E-state index in [1.165, 1.54) is 22.0 Å². The molecular weight excluding hydrogens is 773 g/mol. The molecule has 4 aromatic heterocycles. The van der Waals surface area contributed by atoms with Crippen molar-refractivity contribution < 1.29 is 8.83 Å². The number of rotatable bonds is 6. The standard InChI is InChI=1S/C57H36N4O2/c1-4-16-35(17-5-1)45-32-39(57-59-55(37-20-8-3-9-21-37)58-56(60-57)38-28-29-42-41-23-11-14-26-48(41)63-51(42)34-38)33-46(36-18-6-2-7-19-36)53(45)61-47-25-13-10-22-40(47)43-30-31-50-52(54(43)61)44-24-12-15-27-49(44)62-50/h1-32,34,46H,33H2. The SMILES string of the molecule is C1=C(c2nc(-c3ccccc3)nc(-c3ccc4c(c3)oc3ccccc34)n2)CC(c2ccccc2)C(n2c3ccccc3c3ccc4oc5ccccc5c4c32)=C1c1ccccc1. The molecule has 1 aliphatic carbocycles. The molecule has 63 heavy (non-hydrogen) atoms. The second kappa shape index (κ2) is 14.1. The van der Waals surface area contributed by atoms with Crippen molar-refractivity contribution in [3.05, 3.63) is 217 Å². The second-order valence-electron chi connectivity index (χ2n) is 16.3. The van der Waals surface area contributed by atoms with Crippen LogP contribution in [0.1, 0.15) is 29.3 Å². The van der Waals surface area contributed by atoms with Crippen molar-refractivity contribution in [1.29, 1.82) is 0 Å². The van der Waals surface area contributed by atoms with Gasteiger partial charge in [-0.05, 0) is 71.7 Å². The molecule has 4 heterocycles. The van der Waals surface area contributed by atoms with Crippen LogP contribution in [0.15, 0.2) is 209 Å². The van der Waals surface area contributed by atoms with Crippen LogP contribution in [0.3, 0.4) is 0 Å². The Morgan fingerprint density at radius 2 is 1.00 bits per heavy atom. The number of furan rings is 2. The largest absolute Gasteiger partial charge is 0.456 e. The average Bonchev–Trinajstić information content (AvgIpc) is 4.03. The Bertz CT molecular complexity index is 3820. The van der Waals surface area contributed by atoms with Gasteiger partial charge >= 0.3 is 0 Å². The average molecular weight is 809 g/mol. The van der Waals surface area contributed by atoms with Crippen molar-refractivity contribution in [1.82, 2.24) is 19.5 Å². The first-order valence-corrected chi connectivity index (χ1v) is 21.4. The Labute approximate surface area is 361 Å². The van der Waals surface area contributed by atoms with Gasteiger partial charge < -0.3 is 13.4 Å². The van der Waals surface area contributed by atoms with Gasteiger partial charge in [0.25, 0.3) is 0 Å². The van der Waals surface area contributed by atoms with Gasteiger partial charge in [-0.3, -0.25) is 0 Å². The van der Waals surface area contributed by atoms with Crippen molar-refractivity contribution >= 4 is 82.5 Å². The van der Waals surface area contributed by atoms with Gasteiger partial charge in [-0.25, -0.2) is 15.0 Å². The molecule has 0 N–H and O–H groups in total. The lowest BCUT2D eigenvalue weighted by Crippen LogP contribution is -2.16. The first-order valence-electron chi connectivity index (χ1n) is 21.4. The van der Waals surface area contributed by atoms with Crippen LogP contribution < -0.4 is 0 Å². The Balaban J connectivity index is 1.11. The predicted octanol–water partition coefficient (Wildman–Crippen LogP) is 14.8. The number of benzene rings is 8. The first-order chi connectivity index (χ1) is 31.2. The number of aromatic nitrogens is 4. The molecule has 0 amide bonds. The van der Waals surface area contributed by atoms with Gasteiger partial charge in [0.1, 0.15) is 22.3 Å². The van der Waals surface area contributed by atoms with Crippen LogP contribution in [-0.2, 0) is 0 Å². The van der Waals surface area contributed by atoms with E-state index in [1.807, 2.05) is 42.5 Å². The lowest BCUT2D eigenvalue weighted by molar-refractivity contribution is 0.668. The normalized spacial score (nSPS) is 14.5. The summed E-state index contributed by atoms with van der Waals surface area (Å²) in [5.41, 5.74) is 13.1. The summed E-state index contributed by atoms with van der Waals surface area (Å²) in [6, 6.07) is 67.7. The summed E-state index contributed by atoms with van der Waals surface area (Å²) < 4.78 is 15.4. The molecule has 6 nitrogen and oxygen atoms in total. The first kappa shape index (κ1) is 35.4. The summed E-state index contributed by atoms with van der Waals surface area (Å²) in [6.45, 7) is 0. The summed E-state index contributed by atoms with van der Waals surface area (Å²) in [7, 11) is 0. The third-order valence-electron chi connectivity index (χ3n) is 12.6. The van der Waals surface area contributed by atoms with E-state index in [-0.39, 0.29) is 5.92 Å². The highest BCUT2D eigenvalue weighted by atomic mass is 16.3. The summed E-state index contributed by atoms with van der Waals surface area (Å²) >= 11 is 0. The molecule has 8 aromatic carbocycles. The predicted molar refractivity (Wildman–Crippen MR) is 256 cm³/mol. The zero-order valence-electron chi connectivity index (χ0n) is 33.9. The van der Waals surface area contributed by atoms with Gasteiger partial charge in [0.2, 0.25) is 0 Å². The van der Waals surface area contributed by atoms with Crippen LogP contribution in [0, 0.1) is 0 Å². The van der Waals surface area contributed by atoms with Gasteiger partial charge in [-0.15, -0.1) is 0 Å². The number of para-hydroxylation sites is 3. The molecule has 0 bridgehead atoms. The molecule has 0 saturated heterocycles. The zero-order chi connectivity index (χ0) is 41.4. The smallest absolute Gasteiger partial charge is 0.164 e. The molecular formula is C57H36N4O2. The Morgan fingerprint density at radius 1 is 0.429 bits per heavy atom. The highest BCUT2D eigenvalue weighted by Crippen LogP contribution is 2.50. The van der Waals surface area contributed by atoms with E-state index in [9.17, 15) is 0 Å². The molecule has 1 unspecified atom stereocenters. The quantitative estimate of drug-likeness (QED) is 0.167. The Kier molecular flexibility index (Phi) is 7.93. The third kappa shape index (κ3) is 5.69. The fourth-order valence-electron chi connectivity index (χ4n) is 9.80. The van der Waals surface area contributed by atoms with Gasteiger partial charge in [-0.2, -0.15) is 0 Å². The van der Waals surface area contributed by atoms with Gasteiger partial charge in [-0.1, -0.05) is 152 Å². The van der Waals surface area contributed by atoms with Gasteiger partial charge in [0, 0.05) is 55.2 Å². The molecule has 12 aromatic rings. The number of hydrogen-bond donors (Lipinski definition) is 0. The summed E-state index contributed by atoms with van der Waals surface area (Å²) in [5.74, 6) is 1.75. The maximum Gasteiger partial charge on any atom is 0.164 e. The van der Waals surface area contributed by atoms with E-state index in [4.69, 9.17) is 23.8 Å². The zero-order valence-corrected chi connectivity index (χ0v) is 33.9. The fraction of sp³-hybridized carbons (Fsp3) is 0.0351. The van der Waals surface area contributed by atoms with E-state index in [1.54, 1.807) is 0 Å². The van der Waals surface area contributed by atoms with Crippen molar-refractivity contribution in [3.8, 4) is 22.8 Å². The monoisotopic (exact) mass is 808 g/mol. The third-order valence-corrected chi connectivity index (χ3v) is 12.6. The molecule has 1 atom stereocenters. The van der Waals surface area contributed by atoms with Crippen molar-refractivity contribution in [2.24, 2.45) is 0 Å². The minimum atomic E-state index is -0.0962. The number of nitrogens with zero attached hydrogens (tertiary/aromatic N) is 4. The van der Waals surface area contributed by atoms with Crippen molar-refractivity contribution in [2.75, 3.05) is 0 Å². The van der Waals surface area contributed by atoms with E-state index in [2.05, 4.69) is 162 Å². The second-order valence-corrected chi connectivity index (χ2v) is 16.3. The van der Waals surface area contributed by atoms with Crippen LogP contribution in [-0.4, -0.2) is 19.5 Å².